The standard InChI is InChI=1S/C9H18N2O2S/c1-11-9(5-3-2-4-6-9)8(10)7-14(11,12)13/h8H,2-7,10H2,1H3. The summed E-state index contributed by atoms with van der Waals surface area (Å²) < 4.78 is 24.9. The zero-order chi connectivity index (χ0) is 10.4. The fourth-order valence-corrected chi connectivity index (χ4v) is 4.71. The number of hydrogen-bond acceptors (Lipinski definition) is 3. The van der Waals surface area contributed by atoms with Crippen LogP contribution in [-0.4, -0.2) is 37.1 Å². The summed E-state index contributed by atoms with van der Waals surface area (Å²) >= 11 is 0. The average Bonchev–Trinajstić information content (AvgIpc) is 2.30. The van der Waals surface area contributed by atoms with Gasteiger partial charge in [0.15, 0.2) is 0 Å². The number of hydrogen-bond donors (Lipinski definition) is 1. The second kappa shape index (κ2) is 3.18. The van der Waals surface area contributed by atoms with Gasteiger partial charge in [0.25, 0.3) is 0 Å². The summed E-state index contributed by atoms with van der Waals surface area (Å²) in [5.41, 5.74) is 5.74. The molecule has 0 amide bonds. The highest BCUT2D eigenvalue weighted by molar-refractivity contribution is 7.89. The maximum absolute atomic E-state index is 11.7. The van der Waals surface area contributed by atoms with Crippen LogP contribution >= 0.6 is 0 Å². The highest BCUT2D eigenvalue weighted by atomic mass is 32.2. The highest BCUT2D eigenvalue weighted by Gasteiger charge is 2.53. The predicted molar refractivity (Wildman–Crippen MR) is 55.3 cm³/mol. The van der Waals surface area contributed by atoms with Gasteiger partial charge >= 0.3 is 0 Å². The monoisotopic (exact) mass is 218 g/mol. The van der Waals surface area contributed by atoms with E-state index in [-0.39, 0.29) is 17.3 Å². The van der Waals surface area contributed by atoms with E-state index in [2.05, 4.69) is 0 Å². The number of likely N-dealkylation sites (N-methyl/N-ethyl adjacent to an activating group) is 1. The smallest absolute Gasteiger partial charge is 0.216 e. The maximum Gasteiger partial charge on any atom is 0.216 e. The topological polar surface area (TPSA) is 63.4 Å². The molecule has 4 nitrogen and oxygen atoms in total. The molecule has 5 heteroatoms. The van der Waals surface area contributed by atoms with Gasteiger partial charge in [-0.25, -0.2) is 8.42 Å². The molecule has 1 saturated carbocycles. The van der Waals surface area contributed by atoms with Crippen LogP contribution in [0.5, 0.6) is 0 Å². The van der Waals surface area contributed by atoms with Crippen LogP contribution < -0.4 is 5.73 Å². The van der Waals surface area contributed by atoms with Crippen LogP contribution in [0.15, 0.2) is 0 Å². The van der Waals surface area contributed by atoms with Crippen LogP contribution in [-0.2, 0) is 10.0 Å². The fourth-order valence-electron chi connectivity index (χ4n) is 2.85. The van der Waals surface area contributed by atoms with Crippen LogP contribution in [0.3, 0.4) is 0 Å². The molecule has 1 saturated heterocycles. The van der Waals surface area contributed by atoms with Gasteiger partial charge in [-0.15, -0.1) is 0 Å². The minimum atomic E-state index is -3.07. The van der Waals surface area contributed by atoms with Crippen molar-refractivity contribution in [2.75, 3.05) is 12.8 Å². The van der Waals surface area contributed by atoms with E-state index in [0.29, 0.717) is 0 Å². The van der Waals surface area contributed by atoms with E-state index < -0.39 is 10.0 Å². The first kappa shape index (κ1) is 10.4. The Balaban J connectivity index is 2.34. The normalized spacial score (nSPS) is 36.3. The van der Waals surface area contributed by atoms with E-state index in [9.17, 15) is 8.42 Å². The molecule has 0 aromatic carbocycles. The number of rotatable bonds is 0. The van der Waals surface area contributed by atoms with Gasteiger partial charge < -0.3 is 5.73 Å². The molecule has 1 spiro atoms. The van der Waals surface area contributed by atoms with Gasteiger partial charge in [-0.2, -0.15) is 4.31 Å². The van der Waals surface area contributed by atoms with E-state index in [1.165, 1.54) is 6.42 Å². The van der Waals surface area contributed by atoms with Crippen LogP contribution in [0.1, 0.15) is 32.1 Å². The van der Waals surface area contributed by atoms with Gasteiger partial charge in [-0.3, -0.25) is 0 Å². The summed E-state index contributed by atoms with van der Waals surface area (Å²) in [6.45, 7) is 0. The van der Waals surface area contributed by atoms with E-state index in [4.69, 9.17) is 5.73 Å². The van der Waals surface area contributed by atoms with Crippen molar-refractivity contribution in [2.24, 2.45) is 5.73 Å². The summed E-state index contributed by atoms with van der Waals surface area (Å²) in [4.78, 5) is 0. The Morgan fingerprint density at radius 2 is 1.86 bits per heavy atom. The Morgan fingerprint density at radius 1 is 1.29 bits per heavy atom. The first-order chi connectivity index (χ1) is 6.49. The van der Waals surface area contributed by atoms with Crippen molar-refractivity contribution in [2.45, 2.75) is 43.7 Å². The van der Waals surface area contributed by atoms with E-state index in [1.807, 2.05) is 0 Å². The lowest BCUT2D eigenvalue weighted by Crippen LogP contribution is -2.54. The molecular weight excluding hydrogens is 200 g/mol. The molecule has 1 aliphatic carbocycles. The first-order valence-corrected chi connectivity index (χ1v) is 6.82. The second-order valence-electron chi connectivity index (χ2n) is 4.52. The Kier molecular flexibility index (Phi) is 2.36. The molecule has 0 aromatic heterocycles. The molecule has 1 heterocycles. The van der Waals surface area contributed by atoms with Crippen molar-refractivity contribution >= 4 is 10.0 Å². The van der Waals surface area contributed by atoms with Gasteiger partial charge in [-0.1, -0.05) is 19.3 Å². The summed E-state index contributed by atoms with van der Waals surface area (Å²) in [6.07, 6.45) is 5.29. The van der Waals surface area contributed by atoms with Crippen molar-refractivity contribution in [3.8, 4) is 0 Å². The average molecular weight is 218 g/mol. The van der Waals surface area contributed by atoms with Crippen LogP contribution in [0, 0.1) is 0 Å². The minimum absolute atomic E-state index is 0.128. The highest BCUT2D eigenvalue weighted by Crippen LogP contribution is 2.41. The van der Waals surface area contributed by atoms with Gasteiger partial charge in [-0.05, 0) is 12.8 Å². The molecule has 0 bridgehead atoms. The lowest BCUT2D eigenvalue weighted by molar-refractivity contribution is 0.146. The molecule has 82 valence electrons. The molecule has 2 fully saturated rings. The third-order valence-corrected chi connectivity index (χ3v) is 5.82. The number of nitrogens with two attached hydrogens (primary N) is 1. The van der Waals surface area contributed by atoms with Crippen molar-refractivity contribution in [3.05, 3.63) is 0 Å². The number of sulfonamides is 1. The summed E-state index contributed by atoms with van der Waals surface area (Å²) in [7, 11) is -1.39. The Morgan fingerprint density at radius 3 is 2.29 bits per heavy atom. The maximum atomic E-state index is 11.7. The zero-order valence-corrected chi connectivity index (χ0v) is 9.39. The Hall–Kier alpha value is -0.130. The Labute approximate surface area is 85.5 Å². The molecule has 2 aliphatic rings. The van der Waals surface area contributed by atoms with Gasteiger partial charge in [0, 0.05) is 13.1 Å². The number of nitrogens with zero attached hydrogens (tertiary/aromatic N) is 1. The van der Waals surface area contributed by atoms with Crippen molar-refractivity contribution < 1.29 is 8.42 Å². The van der Waals surface area contributed by atoms with Gasteiger partial charge in [0.2, 0.25) is 10.0 Å². The quantitative estimate of drug-likeness (QED) is 0.635. The van der Waals surface area contributed by atoms with Gasteiger partial charge in [0.05, 0.1) is 11.3 Å². The van der Waals surface area contributed by atoms with Crippen LogP contribution in [0.2, 0.25) is 0 Å². The fraction of sp³-hybridized carbons (Fsp3) is 1.00. The van der Waals surface area contributed by atoms with E-state index in [0.717, 1.165) is 25.7 Å². The molecule has 14 heavy (non-hydrogen) atoms. The summed E-state index contributed by atoms with van der Waals surface area (Å²) in [5.74, 6) is 0.128. The van der Waals surface area contributed by atoms with Gasteiger partial charge in [0.1, 0.15) is 0 Å². The molecule has 1 atom stereocenters. The third kappa shape index (κ3) is 1.30. The zero-order valence-electron chi connectivity index (χ0n) is 8.57. The molecule has 2 N–H and O–H groups in total. The molecule has 1 unspecified atom stereocenters. The van der Waals surface area contributed by atoms with Crippen molar-refractivity contribution in [3.63, 3.8) is 0 Å². The predicted octanol–water partition coefficient (Wildman–Crippen LogP) is 0.292. The van der Waals surface area contributed by atoms with Crippen LogP contribution in [0.25, 0.3) is 0 Å². The Bertz CT molecular complexity index is 320. The second-order valence-corrected chi connectivity index (χ2v) is 6.56. The molecule has 1 aliphatic heterocycles. The molecular formula is C9H18N2O2S. The first-order valence-electron chi connectivity index (χ1n) is 5.21. The van der Waals surface area contributed by atoms with Crippen molar-refractivity contribution in [1.29, 1.82) is 0 Å². The largest absolute Gasteiger partial charge is 0.325 e. The lowest BCUT2D eigenvalue weighted by Gasteiger charge is -2.40. The van der Waals surface area contributed by atoms with Crippen LogP contribution in [0.4, 0.5) is 0 Å². The van der Waals surface area contributed by atoms with E-state index >= 15 is 0 Å². The third-order valence-electron chi connectivity index (χ3n) is 3.84. The van der Waals surface area contributed by atoms with Crippen molar-refractivity contribution in [1.82, 2.24) is 4.31 Å². The summed E-state index contributed by atoms with van der Waals surface area (Å²) in [5, 5.41) is 0. The SMILES string of the molecule is CN1C2(CCCCC2)C(N)CS1(=O)=O. The van der Waals surface area contributed by atoms with E-state index in [1.54, 1.807) is 11.4 Å². The molecule has 0 radical (unpaired) electrons. The summed E-state index contributed by atoms with van der Waals surface area (Å²) in [6, 6.07) is -0.196. The molecule has 2 rings (SSSR count). The lowest BCUT2D eigenvalue weighted by atomic mass is 9.77. The minimum Gasteiger partial charge on any atom is -0.325 e. The molecule has 0 aromatic rings.